The number of pyridine rings is 1. The van der Waals surface area contributed by atoms with Crippen LogP contribution in [0.5, 0.6) is 0 Å². The summed E-state index contributed by atoms with van der Waals surface area (Å²) < 4.78 is 60.9. The van der Waals surface area contributed by atoms with Gasteiger partial charge in [0.15, 0.2) is 22.5 Å². The Balaban J connectivity index is 0.000000331. The second-order valence-corrected chi connectivity index (χ2v) is 4.62. The second-order valence-electron chi connectivity index (χ2n) is 3.25. The first-order valence-corrected chi connectivity index (χ1v) is 5.84. The molecule has 0 saturated heterocycles. The van der Waals surface area contributed by atoms with E-state index in [4.69, 9.17) is 19.4 Å². The predicted molar refractivity (Wildman–Crippen MR) is 56.0 cm³/mol. The molecule has 8 heteroatoms. The van der Waals surface area contributed by atoms with Crippen molar-refractivity contribution in [1.29, 1.82) is 0 Å². The van der Waals surface area contributed by atoms with Crippen molar-refractivity contribution < 1.29 is 30.7 Å². The Morgan fingerprint density at radius 1 is 1.44 bits per heavy atom. The van der Waals surface area contributed by atoms with Gasteiger partial charge in [-0.25, -0.2) is 13.0 Å². The van der Waals surface area contributed by atoms with Crippen molar-refractivity contribution in [2.45, 2.75) is 12.4 Å². The van der Waals surface area contributed by atoms with Crippen molar-refractivity contribution in [3.63, 3.8) is 0 Å². The maximum absolute atomic E-state index is 10.7. The van der Waals surface area contributed by atoms with Crippen LogP contribution in [0.25, 0.3) is 0 Å². The minimum absolute atomic E-state index is 0.970. The fraction of sp³-hybridized carbons (Fsp3) is 0.300. The first-order chi connectivity index (χ1) is 7.99. The van der Waals surface area contributed by atoms with Crippen LogP contribution < -0.4 is 4.57 Å². The molecule has 0 N–H and O–H groups in total. The highest BCUT2D eigenvalue weighted by atomic mass is 32.2. The summed E-state index contributed by atoms with van der Waals surface area (Å²) in [5.74, 6) is 2.61. The third-order valence-electron chi connectivity index (χ3n) is 1.74. The van der Waals surface area contributed by atoms with Gasteiger partial charge in [-0.2, -0.15) is 13.2 Å². The number of aromatic nitrogens is 1. The lowest BCUT2D eigenvalue weighted by molar-refractivity contribution is -0.671. The topological polar surface area (TPSA) is 61.1 Å². The van der Waals surface area contributed by atoms with Gasteiger partial charge in [0.05, 0.1) is 0 Å². The number of hydrogen-bond donors (Lipinski definition) is 0. The van der Waals surface area contributed by atoms with Crippen LogP contribution in [-0.4, -0.2) is 18.5 Å². The first-order valence-electron chi connectivity index (χ1n) is 4.43. The van der Waals surface area contributed by atoms with E-state index in [0.29, 0.717) is 0 Å². The van der Waals surface area contributed by atoms with Gasteiger partial charge in [0.25, 0.3) is 0 Å². The average Bonchev–Trinajstić information content (AvgIpc) is 2.15. The molecule has 0 bridgehead atoms. The van der Waals surface area contributed by atoms with Gasteiger partial charge < -0.3 is 4.55 Å². The quantitative estimate of drug-likeness (QED) is 0.306. The Hall–Kier alpha value is -1.59. The average molecular weight is 281 g/mol. The molecule has 0 unspecified atom stereocenters. The Morgan fingerprint density at radius 2 is 1.89 bits per heavy atom. The molecule has 0 saturated carbocycles. The molecule has 0 spiro atoms. The summed E-state index contributed by atoms with van der Waals surface area (Å²) in [6, 6.07) is 1.94. The molecule has 0 aromatic carbocycles. The van der Waals surface area contributed by atoms with Gasteiger partial charge in [0.2, 0.25) is 0 Å². The summed E-state index contributed by atoms with van der Waals surface area (Å²) in [7, 11) is -4.11. The van der Waals surface area contributed by atoms with Crippen molar-refractivity contribution in [3.8, 4) is 12.3 Å². The number of alkyl halides is 3. The van der Waals surface area contributed by atoms with Gasteiger partial charge in [-0.3, -0.25) is 0 Å². The monoisotopic (exact) mass is 281 g/mol. The SMILES string of the molecule is C#Cc1cc[n+](C)cc1C.O=S(=O)([O-])C(F)(F)F. The van der Waals surface area contributed by atoms with Crippen LogP contribution in [0.1, 0.15) is 11.1 Å². The molecule has 0 fully saturated rings. The maximum Gasteiger partial charge on any atom is 0.485 e. The van der Waals surface area contributed by atoms with E-state index in [2.05, 4.69) is 5.92 Å². The third kappa shape index (κ3) is 5.16. The zero-order valence-corrected chi connectivity index (χ0v) is 10.3. The standard InChI is InChI=1S/C9H10N.CHF3O3S/c1-4-9-5-6-10(3)7-8(9)2;2-1(3,4)8(5,6)7/h1,5-7H,2-3H3;(H,5,6,7)/q+1;/p-1. The van der Waals surface area contributed by atoms with Crippen LogP contribution in [0, 0.1) is 19.3 Å². The van der Waals surface area contributed by atoms with Crippen molar-refractivity contribution in [2.75, 3.05) is 0 Å². The van der Waals surface area contributed by atoms with E-state index < -0.39 is 15.6 Å². The molecular weight excluding hydrogens is 271 g/mol. The van der Waals surface area contributed by atoms with Gasteiger partial charge >= 0.3 is 5.51 Å². The molecule has 1 heterocycles. The summed E-state index contributed by atoms with van der Waals surface area (Å²) in [6.45, 7) is 2.01. The Bertz CT molecular complexity index is 559. The smallest absolute Gasteiger partial charge is 0.485 e. The highest BCUT2D eigenvalue weighted by molar-refractivity contribution is 7.86. The van der Waals surface area contributed by atoms with Crippen LogP contribution in [-0.2, 0) is 17.2 Å². The van der Waals surface area contributed by atoms with Crippen molar-refractivity contribution >= 4 is 10.1 Å². The lowest BCUT2D eigenvalue weighted by Gasteiger charge is -2.08. The van der Waals surface area contributed by atoms with Gasteiger partial charge in [-0.05, 0) is 6.92 Å². The Kier molecular flexibility index (Phi) is 5.32. The molecule has 0 amide bonds. The summed E-state index contributed by atoms with van der Waals surface area (Å²) in [4.78, 5) is 0. The fourth-order valence-corrected chi connectivity index (χ4v) is 0.904. The molecule has 1 aromatic heterocycles. The van der Waals surface area contributed by atoms with E-state index in [9.17, 15) is 13.2 Å². The molecule has 4 nitrogen and oxygen atoms in total. The number of aryl methyl sites for hydroxylation is 2. The molecule has 100 valence electrons. The minimum Gasteiger partial charge on any atom is -0.741 e. The van der Waals surface area contributed by atoms with E-state index in [-0.39, 0.29) is 0 Å². The van der Waals surface area contributed by atoms with E-state index in [1.165, 1.54) is 0 Å². The summed E-state index contributed by atoms with van der Waals surface area (Å²) in [5, 5.41) is 0. The van der Waals surface area contributed by atoms with Gasteiger partial charge in [0.1, 0.15) is 7.05 Å². The summed E-state index contributed by atoms with van der Waals surface area (Å²) in [6.07, 6.45) is 9.20. The molecule has 1 aromatic rings. The zero-order chi connectivity index (χ0) is 14.6. The lowest BCUT2D eigenvalue weighted by Crippen LogP contribution is -2.26. The normalized spacial score (nSPS) is 11.2. The Morgan fingerprint density at radius 3 is 2.17 bits per heavy atom. The van der Waals surface area contributed by atoms with Crippen LogP contribution in [0.15, 0.2) is 18.5 Å². The zero-order valence-electron chi connectivity index (χ0n) is 9.52. The summed E-state index contributed by atoms with van der Waals surface area (Å²) in [5.41, 5.74) is -3.53. The van der Waals surface area contributed by atoms with E-state index >= 15 is 0 Å². The van der Waals surface area contributed by atoms with Crippen molar-refractivity contribution in [2.24, 2.45) is 7.05 Å². The van der Waals surface area contributed by atoms with Crippen LogP contribution in [0.3, 0.4) is 0 Å². The molecule has 1 rings (SSSR count). The number of hydrogen-bond acceptors (Lipinski definition) is 3. The Labute approximate surface area is 103 Å². The number of halogens is 3. The van der Waals surface area contributed by atoms with Gasteiger partial charge in [0, 0.05) is 17.2 Å². The number of rotatable bonds is 0. The molecule has 0 aliphatic carbocycles. The largest absolute Gasteiger partial charge is 0.741 e. The van der Waals surface area contributed by atoms with Gasteiger partial charge in [-0.15, -0.1) is 6.42 Å². The highest BCUT2D eigenvalue weighted by Crippen LogP contribution is 2.20. The van der Waals surface area contributed by atoms with Crippen molar-refractivity contribution in [3.05, 3.63) is 29.6 Å². The number of terminal acetylenes is 1. The molecular formula is C10H10F3NO3S. The number of nitrogens with zero attached hydrogens (tertiary/aromatic N) is 1. The van der Waals surface area contributed by atoms with Crippen LogP contribution in [0.2, 0.25) is 0 Å². The first kappa shape index (κ1) is 16.4. The summed E-state index contributed by atoms with van der Waals surface area (Å²) >= 11 is 0. The van der Waals surface area contributed by atoms with Crippen LogP contribution in [0.4, 0.5) is 13.2 Å². The third-order valence-corrected chi connectivity index (χ3v) is 2.30. The molecule has 0 atom stereocenters. The highest BCUT2D eigenvalue weighted by Gasteiger charge is 2.36. The van der Waals surface area contributed by atoms with Crippen molar-refractivity contribution in [1.82, 2.24) is 0 Å². The van der Waals surface area contributed by atoms with E-state index in [0.717, 1.165) is 11.1 Å². The molecule has 18 heavy (non-hydrogen) atoms. The second kappa shape index (κ2) is 5.84. The van der Waals surface area contributed by atoms with Crippen LogP contribution >= 0.6 is 0 Å². The predicted octanol–water partition coefficient (Wildman–Crippen LogP) is 0.852. The molecule has 0 radical (unpaired) electrons. The lowest BCUT2D eigenvalue weighted by atomic mass is 10.2. The minimum atomic E-state index is -6.09. The maximum atomic E-state index is 10.7. The van der Waals surface area contributed by atoms with E-state index in [1.807, 2.05) is 37.0 Å². The molecule has 0 aliphatic heterocycles. The molecule has 0 aliphatic rings. The fourth-order valence-electron chi connectivity index (χ4n) is 0.904. The van der Waals surface area contributed by atoms with Gasteiger partial charge in [-0.1, -0.05) is 5.92 Å². The van der Waals surface area contributed by atoms with E-state index in [1.54, 1.807) is 0 Å².